The lowest BCUT2D eigenvalue weighted by Crippen LogP contribution is -2.18. The summed E-state index contributed by atoms with van der Waals surface area (Å²) in [6, 6.07) is 37.0. The van der Waals surface area contributed by atoms with E-state index < -0.39 is 10.1 Å². The van der Waals surface area contributed by atoms with Gasteiger partial charge in [-0.2, -0.15) is 8.42 Å². The molecule has 0 heterocycles. The number of rotatable bonds is 9. The number of nitrogens with one attached hydrogen (secondary N) is 2. The summed E-state index contributed by atoms with van der Waals surface area (Å²) in [7, 11) is -2.13. The topological polar surface area (TPSA) is 113 Å². The van der Waals surface area contributed by atoms with Crippen molar-refractivity contribution in [2.75, 3.05) is 24.7 Å². The molecule has 0 aliphatic heterocycles. The Morgan fingerprint density at radius 2 is 1.19 bits per heavy atom. The molecule has 0 atom stereocenters. The van der Waals surface area contributed by atoms with Crippen molar-refractivity contribution >= 4 is 28.0 Å². The fourth-order valence-electron chi connectivity index (χ4n) is 5.60. The Morgan fingerprint density at radius 1 is 0.704 bits per heavy atom. The van der Waals surface area contributed by atoms with Crippen molar-refractivity contribution in [2.24, 2.45) is 0 Å². The van der Waals surface area contributed by atoms with Crippen LogP contribution in [0.4, 0.5) is 5.69 Å². The Morgan fingerprint density at radius 3 is 1.61 bits per heavy atom. The average Bonchev–Trinajstić information content (AvgIpc) is 3.12. The lowest BCUT2D eigenvalue weighted by atomic mass is 9.86. The van der Waals surface area contributed by atoms with Gasteiger partial charge in [0.1, 0.15) is 6.29 Å². The fourth-order valence-corrected chi connectivity index (χ4v) is 6.06. The molecule has 0 aliphatic rings. The van der Waals surface area contributed by atoms with Gasteiger partial charge in [-0.1, -0.05) is 143 Å². The maximum absolute atomic E-state index is 12.7. The van der Waals surface area contributed by atoms with Crippen LogP contribution in [0.1, 0.15) is 78.4 Å². The fraction of sp³-hybridized carbons (Fsp3) is 0.304. The standard InChI is InChI=1S/C33H35NO.C8H8O.C3H9NO3S.C2H6/c1-22-19-23(2)32(24(3)20-22)28-13-17-30(18-14-28)34-31(35)21-25-7-9-26(10-8-25)27-11-15-29(16-12-27)33(4,5)6;1-7-2-4-8(6-9)5-3-7;1-4-2-3-8(5,6)7;1-2/h7-20H,21H2,1-6H3,(H,34,35);2-6H,1H3;4H,2-3H2,1H3,(H,5,6,7);1-2H3. The summed E-state index contributed by atoms with van der Waals surface area (Å²) in [6.45, 7) is 19.4. The number of benzene rings is 5. The van der Waals surface area contributed by atoms with Crippen molar-refractivity contribution < 1.29 is 22.6 Å². The summed E-state index contributed by atoms with van der Waals surface area (Å²) in [4.78, 5) is 22.8. The van der Waals surface area contributed by atoms with Gasteiger partial charge in [-0.3, -0.25) is 14.1 Å². The van der Waals surface area contributed by atoms with Crippen molar-refractivity contribution in [3.05, 3.63) is 148 Å². The van der Waals surface area contributed by atoms with Crippen molar-refractivity contribution in [2.45, 2.75) is 74.1 Å². The van der Waals surface area contributed by atoms with Gasteiger partial charge in [0.25, 0.3) is 10.1 Å². The molecular weight excluding hydrogens is 693 g/mol. The van der Waals surface area contributed by atoms with E-state index in [1.165, 1.54) is 44.5 Å². The van der Waals surface area contributed by atoms with Gasteiger partial charge in [0, 0.05) is 17.8 Å². The molecule has 5 aromatic carbocycles. The minimum Gasteiger partial charge on any atom is -0.326 e. The molecule has 0 aromatic heterocycles. The lowest BCUT2D eigenvalue weighted by Gasteiger charge is -2.19. The highest BCUT2D eigenvalue weighted by Crippen LogP contribution is 2.30. The van der Waals surface area contributed by atoms with Crippen LogP contribution in [-0.2, 0) is 26.7 Å². The highest BCUT2D eigenvalue weighted by Gasteiger charge is 2.13. The van der Waals surface area contributed by atoms with Crippen LogP contribution < -0.4 is 10.6 Å². The summed E-state index contributed by atoms with van der Waals surface area (Å²) in [6.07, 6.45) is 1.20. The molecule has 0 unspecified atom stereocenters. The van der Waals surface area contributed by atoms with E-state index in [0.29, 0.717) is 13.0 Å². The summed E-state index contributed by atoms with van der Waals surface area (Å²) in [5.74, 6) is -0.230. The molecule has 1 amide bonds. The molecule has 0 saturated heterocycles. The lowest BCUT2D eigenvalue weighted by molar-refractivity contribution is -0.115. The third kappa shape index (κ3) is 15.6. The number of aldehydes is 1. The predicted octanol–water partition coefficient (Wildman–Crippen LogP) is 10.4. The highest BCUT2D eigenvalue weighted by atomic mass is 32.2. The number of amides is 1. The SMILES string of the molecule is CC.CNCCS(=O)(=O)O.Cc1cc(C)c(-c2ccc(NC(=O)Cc3ccc(-c4ccc(C(C)(C)C)cc4)cc3)cc2)c(C)c1.Cc1ccc(C=O)cc1. The molecule has 0 radical (unpaired) electrons. The zero-order valence-corrected chi connectivity index (χ0v) is 34.4. The minimum atomic E-state index is -3.75. The number of hydrogen-bond acceptors (Lipinski definition) is 5. The van der Waals surface area contributed by atoms with Crippen LogP contribution in [0, 0.1) is 27.7 Å². The molecular formula is C46H58N2O5S. The van der Waals surface area contributed by atoms with Crippen LogP contribution in [-0.4, -0.2) is 44.5 Å². The highest BCUT2D eigenvalue weighted by molar-refractivity contribution is 7.85. The third-order valence-electron chi connectivity index (χ3n) is 8.36. The van der Waals surface area contributed by atoms with Crippen LogP contribution in [0.5, 0.6) is 0 Å². The molecule has 5 rings (SSSR count). The minimum absolute atomic E-state index is 0.0114. The molecule has 7 nitrogen and oxygen atoms in total. The predicted molar refractivity (Wildman–Crippen MR) is 227 cm³/mol. The Bertz CT molecular complexity index is 1990. The molecule has 0 saturated carbocycles. The van der Waals surface area contributed by atoms with Gasteiger partial charge < -0.3 is 10.6 Å². The molecule has 8 heteroatoms. The van der Waals surface area contributed by atoms with Crippen molar-refractivity contribution in [3.63, 3.8) is 0 Å². The van der Waals surface area contributed by atoms with Gasteiger partial charge in [-0.15, -0.1) is 0 Å². The second-order valence-electron chi connectivity index (χ2n) is 14.0. The number of aryl methyl sites for hydroxylation is 4. The van der Waals surface area contributed by atoms with Gasteiger partial charge in [-0.05, 0) is 96.8 Å². The van der Waals surface area contributed by atoms with Crippen molar-refractivity contribution in [3.8, 4) is 22.3 Å². The van der Waals surface area contributed by atoms with Gasteiger partial charge >= 0.3 is 0 Å². The molecule has 0 fully saturated rings. The van der Waals surface area contributed by atoms with Crippen LogP contribution in [0.3, 0.4) is 0 Å². The van der Waals surface area contributed by atoms with Gasteiger partial charge in [0.2, 0.25) is 5.91 Å². The first-order chi connectivity index (χ1) is 25.5. The van der Waals surface area contributed by atoms with Crippen LogP contribution in [0.25, 0.3) is 22.3 Å². The first kappa shape index (κ1) is 45.3. The monoisotopic (exact) mass is 750 g/mol. The maximum atomic E-state index is 12.7. The molecule has 0 bridgehead atoms. The normalized spacial score (nSPS) is 10.7. The summed E-state index contributed by atoms with van der Waals surface area (Å²) < 4.78 is 27.9. The number of anilines is 1. The molecule has 288 valence electrons. The summed E-state index contributed by atoms with van der Waals surface area (Å²) >= 11 is 0. The first-order valence-corrected chi connectivity index (χ1v) is 19.9. The summed E-state index contributed by atoms with van der Waals surface area (Å²) in [5, 5.41) is 5.62. The van der Waals surface area contributed by atoms with Crippen LogP contribution in [0.2, 0.25) is 0 Å². The Labute approximate surface area is 324 Å². The quantitative estimate of drug-likeness (QED) is 0.102. The van der Waals surface area contributed by atoms with Crippen molar-refractivity contribution in [1.82, 2.24) is 5.32 Å². The Balaban J connectivity index is 0.000000435. The Kier molecular flexibility index (Phi) is 18.2. The van der Waals surface area contributed by atoms with E-state index >= 15 is 0 Å². The molecule has 0 aliphatic carbocycles. The zero-order chi connectivity index (χ0) is 40.5. The number of hydrogen-bond donors (Lipinski definition) is 3. The number of carbonyl (C=O) groups is 2. The third-order valence-corrected chi connectivity index (χ3v) is 9.08. The first-order valence-electron chi connectivity index (χ1n) is 18.3. The summed E-state index contributed by atoms with van der Waals surface area (Å²) in [5.41, 5.74) is 13.8. The smallest absolute Gasteiger partial charge is 0.266 e. The van der Waals surface area contributed by atoms with Gasteiger partial charge in [-0.25, -0.2) is 0 Å². The van der Waals surface area contributed by atoms with E-state index in [1.54, 1.807) is 7.05 Å². The maximum Gasteiger partial charge on any atom is 0.266 e. The molecule has 0 spiro atoms. The van der Waals surface area contributed by atoms with Crippen LogP contribution >= 0.6 is 0 Å². The Hall–Kier alpha value is -4.89. The van der Waals surface area contributed by atoms with Gasteiger partial charge in [0.15, 0.2) is 0 Å². The average molecular weight is 751 g/mol. The van der Waals surface area contributed by atoms with Crippen molar-refractivity contribution in [1.29, 1.82) is 0 Å². The molecule has 54 heavy (non-hydrogen) atoms. The van der Waals surface area contributed by atoms with E-state index in [2.05, 4.69) is 113 Å². The van der Waals surface area contributed by atoms with E-state index in [1.807, 2.05) is 69.3 Å². The second kappa shape index (κ2) is 21.7. The largest absolute Gasteiger partial charge is 0.326 e. The van der Waals surface area contributed by atoms with Gasteiger partial charge in [0.05, 0.1) is 12.2 Å². The molecule has 5 aromatic rings. The van der Waals surface area contributed by atoms with Crippen LogP contribution in [0.15, 0.2) is 109 Å². The zero-order valence-electron chi connectivity index (χ0n) is 33.6. The van der Waals surface area contributed by atoms with E-state index in [9.17, 15) is 18.0 Å². The number of carbonyl (C=O) groups excluding carboxylic acids is 2. The molecule has 3 N–H and O–H groups in total. The van der Waals surface area contributed by atoms with E-state index in [4.69, 9.17) is 4.55 Å². The van der Waals surface area contributed by atoms with E-state index in [0.717, 1.165) is 28.7 Å². The van der Waals surface area contributed by atoms with E-state index in [-0.39, 0.29) is 17.1 Å². The second-order valence-corrected chi connectivity index (χ2v) is 15.6.